The summed E-state index contributed by atoms with van der Waals surface area (Å²) in [4.78, 5) is 14.3. The van der Waals surface area contributed by atoms with E-state index in [9.17, 15) is 4.79 Å². The minimum atomic E-state index is -0.165. The van der Waals surface area contributed by atoms with E-state index in [0.29, 0.717) is 18.4 Å². The third-order valence-electron chi connectivity index (χ3n) is 4.55. The Hall–Kier alpha value is -1.35. The maximum Gasteiger partial charge on any atom is 0.228 e. The summed E-state index contributed by atoms with van der Waals surface area (Å²) in [6.45, 7) is 2.85. The van der Waals surface area contributed by atoms with Crippen LogP contribution in [0.1, 0.15) is 25.1 Å². The molecule has 0 spiro atoms. The second kappa shape index (κ2) is 2.91. The van der Waals surface area contributed by atoms with Crippen molar-refractivity contribution in [2.75, 3.05) is 6.61 Å². The van der Waals surface area contributed by atoms with Crippen molar-refractivity contribution in [2.45, 2.75) is 25.1 Å². The van der Waals surface area contributed by atoms with Gasteiger partial charge < -0.3 is 9.64 Å². The number of piperidine rings is 1. The molecule has 0 bridgehead atoms. The Bertz CT molecular complexity index is 486. The molecule has 1 aliphatic carbocycles. The number of nitrogens with zero attached hydrogens (tertiary/aromatic N) is 1. The maximum absolute atomic E-state index is 12.3. The van der Waals surface area contributed by atoms with E-state index < -0.39 is 0 Å². The molecule has 3 aliphatic rings. The number of rotatable bonds is 1. The first-order valence-electron chi connectivity index (χ1n) is 6.21. The fourth-order valence-corrected chi connectivity index (χ4v) is 3.51. The van der Waals surface area contributed by atoms with E-state index in [1.807, 2.05) is 35.2 Å². The number of ether oxygens (including phenoxy) is 1. The molecule has 0 radical (unpaired) electrons. The zero-order chi connectivity index (χ0) is 11.6. The Morgan fingerprint density at radius 2 is 2.12 bits per heavy atom. The van der Waals surface area contributed by atoms with Gasteiger partial charge in [0, 0.05) is 11.5 Å². The highest BCUT2D eigenvalue weighted by Gasteiger charge is 2.69. The predicted molar refractivity (Wildman–Crippen MR) is 62.0 cm³/mol. The number of carbonyl (C=O) groups excluding carboxylic acids is 1. The van der Waals surface area contributed by atoms with Gasteiger partial charge >= 0.3 is 0 Å². The number of fused-ring (bicyclic) bond motifs is 3. The van der Waals surface area contributed by atoms with Crippen molar-refractivity contribution in [3.05, 3.63) is 35.9 Å². The van der Waals surface area contributed by atoms with Crippen molar-refractivity contribution in [3.8, 4) is 0 Å². The number of amides is 1. The van der Waals surface area contributed by atoms with Crippen molar-refractivity contribution in [3.63, 3.8) is 0 Å². The molecule has 3 heteroatoms. The molecule has 88 valence electrons. The lowest BCUT2D eigenvalue weighted by molar-refractivity contribution is -0.138. The summed E-state index contributed by atoms with van der Waals surface area (Å²) in [7, 11) is 0. The summed E-state index contributed by atoms with van der Waals surface area (Å²) in [6, 6.07) is 10.0. The molecule has 0 N–H and O–H groups in total. The van der Waals surface area contributed by atoms with E-state index in [0.717, 1.165) is 12.0 Å². The second-order valence-electron chi connectivity index (χ2n) is 5.59. The Kier molecular flexibility index (Phi) is 1.65. The van der Waals surface area contributed by atoms with Crippen LogP contribution in [-0.4, -0.2) is 23.0 Å². The van der Waals surface area contributed by atoms with Gasteiger partial charge in [0.1, 0.15) is 0 Å². The number of carbonyl (C=O) groups is 1. The summed E-state index contributed by atoms with van der Waals surface area (Å²) in [5.74, 6) is 1.11. The maximum atomic E-state index is 12.3. The van der Waals surface area contributed by atoms with Crippen LogP contribution in [0.3, 0.4) is 0 Å². The van der Waals surface area contributed by atoms with Crippen LogP contribution in [0.5, 0.6) is 0 Å². The van der Waals surface area contributed by atoms with Crippen LogP contribution < -0.4 is 0 Å². The molecule has 4 atom stereocenters. The van der Waals surface area contributed by atoms with Crippen molar-refractivity contribution in [2.24, 2.45) is 11.8 Å². The molecule has 4 rings (SSSR count). The van der Waals surface area contributed by atoms with Crippen molar-refractivity contribution >= 4 is 5.91 Å². The normalized spacial score (nSPS) is 42.5. The lowest BCUT2D eigenvalue weighted by atomic mass is 9.98. The van der Waals surface area contributed by atoms with Gasteiger partial charge in [-0.2, -0.15) is 0 Å². The fourth-order valence-electron chi connectivity index (χ4n) is 3.51. The van der Waals surface area contributed by atoms with Gasteiger partial charge in [-0.1, -0.05) is 30.3 Å². The topological polar surface area (TPSA) is 29.5 Å². The Morgan fingerprint density at radius 1 is 1.35 bits per heavy atom. The van der Waals surface area contributed by atoms with Crippen molar-refractivity contribution in [1.82, 2.24) is 4.90 Å². The average molecular weight is 229 g/mol. The minimum Gasteiger partial charge on any atom is -0.351 e. The van der Waals surface area contributed by atoms with Gasteiger partial charge in [-0.25, -0.2) is 0 Å². The quantitative estimate of drug-likeness (QED) is 0.736. The molecule has 1 aromatic rings. The average Bonchev–Trinajstić information content (AvgIpc) is 3.03. The van der Waals surface area contributed by atoms with Crippen LogP contribution in [0.2, 0.25) is 0 Å². The highest BCUT2D eigenvalue weighted by atomic mass is 16.5. The highest BCUT2D eigenvalue weighted by Crippen LogP contribution is 2.61. The summed E-state index contributed by atoms with van der Waals surface area (Å²) >= 11 is 0. The molecular formula is C14H15NO2. The third kappa shape index (κ3) is 1.08. The molecule has 1 aromatic carbocycles. The Labute approximate surface area is 100 Å². The molecule has 2 heterocycles. The fraction of sp³-hybridized carbons (Fsp3) is 0.500. The number of benzene rings is 1. The zero-order valence-electron chi connectivity index (χ0n) is 9.80. The van der Waals surface area contributed by atoms with Gasteiger partial charge in [-0.15, -0.1) is 0 Å². The molecule has 2 saturated heterocycles. The van der Waals surface area contributed by atoms with Gasteiger partial charge in [-0.05, 0) is 19.3 Å². The smallest absolute Gasteiger partial charge is 0.228 e. The first-order valence-corrected chi connectivity index (χ1v) is 6.21. The molecule has 17 heavy (non-hydrogen) atoms. The largest absolute Gasteiger partial charge is 0.351 e. The molecule has 0 aromatic heterocycles. The summed E-state index contributed by atoms with van der Waals surface area (Å²) in [6.07, 6.45) is 0.901. The van der Waals surface area contributed by atoms with Crippen LogP contribution in [0.15, 0.2) is 30.3 Å². The van der Waals surface area contributed by atoms with Gasteiger partial charge in [0.15, 0.2) is 6.23 Å². The molecule has 2 aliphatic heterocycles. The van der Waals surface area contributed by atoms with E-state index in [-0.39, 0.29) is 17.7 Å². The molecule has 0 unspecified atom stereocenters. The molecule has 1 saturated carbocycles. The first-order chi connectivity index (χ1) is 8.22. The van der Waals surface area contributed by atoms with Gasteiger partial charge in [0.05, 0.1) is 12.1 Å². The summed E-state index contributed by atoms with van der Waals surface area (Å²) < 4.78 is 5.88. The third-order valence-corrected chi connectivity index (χ3v) is 4.55. The van der Waals surface area contributed by atoms with Crippen LogP contribution in [-0.2, 0) is 9.53 Å². The Balaban J connectivity index is 1.75. The molecular weight excluding hydrogens is 214 g/mol. The number of hydrogen-bond donors (Lipinski definition) is 0. The SMILES string of the molecule is C[C@@]12CO[C@@H](c3ccccc3)N1C(=O)[C@@H]1C[C@@H]12. The van der Waals surface area contributed by atoms with Crippen molar-refractivity contribution in [1.29, 1.82) is 0 Å². The van der Waals surface area contributed by atoms with E-state index >= 15 is 0 Å². The molecule has 1 amide bonds. The van der Waals surface area contributed by atoms with Crippen LogP contribution in [0.25, 0.3) is 0 Å². The lowest BCUT2D eigenvalue weighted by Gasteiger charge is -2.32. The van der Waals surface area contributed by atoms with Crippen LogP contribution >= 0.6 is 0 Å². The Morgan fingerprint density at radius 3 is 2.88 bits per heavy atom. The van der Waals surface area contributed by atoms with E-state index in [4.69, 9.17) is 4.74 Å². The standard InChI is InChI=1S/C14H15NO2/c1-14-8-17-13(9-5-3-2-4-6-9)15(14)12(16)10-7-11(10)14/h2-6,10-11,13H,7-8H2,1H3/t10-,11+,13+,14+/m1/s1. The lowest BCUT2D eigenvalue weighted by Crippen LogP contribution is -2.44. The zero-order valence-corrected chi connectivity index (χ0v) is 9.80. The predicted octanol–water partition coefficient (Wildman–Crippen LogP) is 1.95. The van der Waals surface area contributed by atoms with Gasteiger partial charge in [0.25, 0.3) is 0 Å². The van der Waals surface area contributed by atoms with Crippen molar-refractivity contribution < 1.29 is 9.53 Å². The van der Waals surface area contributed by atoms with E-state index in [2.05, 4.69) is 6.92 Å². The monoisotopic (exact) mass is 229 g/mol. The van der Waals surface area contributed by atoms with Gasteiger partial charge in [0.2, 0.25) is 5.91 Å². The van der Waals surface area contributed by atoms with Crippen LogP contribution in [0.4, 0.5) is 0 Å². The molecule has 3 fully saturated rings. The second-order valence-corrected chi connectivity index (χ2v) is 5.59. The van der Waals surface area contributed by atoms with Crippen LogP contribution in [0, 0.1) is 11.8 Å². The highest BCUT2D eigenvalue weighted by molar-refractivity contribution is 5.87. The summed E-state index contributed by atoms with van der Waals surface area (Å²) in [5, 5.41) is 0. The number of hydrogen-bond acceptors (Lipinski definition) is 2. The first kappa shape index (κ1) is 9.66. The van der Waals surface area contributed by atoms with E-state index in [1.165, 1.54) is 0 Å². The van der Waals surface area contributed by atoms with Gasteiger partial charge in [-0.3, -0.25) is 4.79 Å². The minimum absolute atomic E-state index is 0.0533. The molecule has 3 nitrogen and oxygen atoms in total. The van der Waals surface area contributed by atoms with E-state index in [1.54, 1.807) is 0 Å². The summed E-state index contributed by atoms with van der Waals surface area (Å²) in [5.41, 5.74) is 1.04.